The first kappa shape index (κ1) is 11.4. The summed E-state index contributed by atoms with van der Waals surface area (Å²) in [5.41, 5.74) is 0. The number of aliphatic hydroxyl groups is 1. The van der Waals surface area contributed by atoms with E-state index in [4.69, 9.17) is 9.84 Å². The van der Waals surface area contributed by atoms with Gasteiger partial charge in [-0.15, -0.1) is 11.8 Å². The van der Waals surface area contributed by atoms with Gasteiger partial charge in [-0.25, -0.2) is 0 Å². The van der Waals surface area contributed by atoms with Crippen LogP contribution in [0.15, 0.2) is 29.2 Å². The fraction of sp³-hybridized carbons (Fsp3) is 0.455. The Kier molecular flexibility index (Phi) is 4.84. The van der Waals surface area contributed by atoms with Gasteiger partial charge in [0, 0.05) is 10.6 Å². The van der Waals surface area contributed by atoms with Gasteiger partial charge in [-0.3, -0.25) is 0 Å². The fourth-order valence-electron chi connectivity index (χ4n) is 1.08. The van der Waals surface area contributed by atoms with Gasteiger partial charge < -0.3 is 9.84 Å². The van der Waals surface area contributed by atoms with E-state index in [1.807, 2.05) is 31.2 Å². The lowest BCUT2D eigenvalue weighted by Gasteiger charge is -2.08. The highest BCUT2D eigenvalue weighted by atomic mass is 32.2. The molecule has 0 spiro atoms. The van der Waals surface area contributed by atoms with Crippen molar-refractivity contribution in [2.45, 2.75) is 24.3 Å². The third kappa shape index (κ3) is 3.60. The van der Waals surface area contributed by atoms with Gasteiger partial charge in [0.25, 0.3) is 0 Å². The molecule has 1 unspecified atom stereocenters. The molecule has 1 atom stereocenters. The van der Waals surface area contributed by atoms with Crippen LogP contribution in [0.25, 0.3) is 0 Å². The fourth-order valence-corrected chi connectivity index (χ4v) is 2.22. The molecule has 1 N–H and O–H groups in total. The zero-order chi connectivity index (χ0) is 10.4. The number of para-hydroxylation sites is 1. The first-order valence-electron chi connectivity index (χ1n) is 4.68. The van der Waals surface area contributed by atoms with Crippen LogP contribution in [0.3, 0.4) is 0 Å². The normalized spacial score (nSPS) is 12.5. The van der Waals surface area contributed by atoms with Crippen molar-refractivity contribution in [3.05, 3.63) is 24.3 Å². The molecule has 2 nitrogen and oxygen atoms in total. The Balaban J connectivity index is 2.49. The van der Waals surface area contributed by atoms with E-state index in [1.54, 1.807) is 18.9 Å². The van der Waals surface area contributed by atoms with Crippen molar-refractivity contribution in [2.24, 2.45) is 0 Å². The van der Waals surface area contributed by atoms with Gasteiger partial charge in [-0.05, 0) is 25.5 Å². The van der Waals surface area contributed by atoms with Crippen LogP contribution in [-0.4, -0.2) is 24.1 Å². The van der Waals surface area contributed by atoms with Crippen LogP contribution >= 0.6 is 11.8 Å². The molecule has 1 aromatic rings. The lowest BCUT2D eigenvalue weighted by Crippen LogP contribution is -2.00. The van der Waals surface area contributed by atoms with Gasteiger partial charge in [0.15, 0.2) is 0 Å². The second kappa shape index (κ2) is 5.94. The molecule has 0 saturated heterocycles. The number of aliphatic hydroxyl groups excluding tert-OH is 1. The van der Waals surface area contributed by atoms with E-state index < -0.39 is 0 Å². The first-order chi connectivity index (χ1) is 6.74. The van der Waals surface area contributed by atoms with Crippen molar-refractivity contribution in [1.82, 2.24) is 0 Å². The van der Waals surface area contributed by atoms with E-state index in [-0.39, 0.29) is 6.10 Å². The van der Waals surface area contributed by atoms with Crippen LogP contribution in [0.4, 0.5) is 0 Å². The Bertz CT molecular complexity index is 274. The minimum Gasteiger partial charge on any atom is -0.496 e. The number of benzene rings is 1. The minimum atomic E-state index is -0.225. The molecule has 0 fully saturated rings. The van der Waals surface area contributed by atoms with Crippen molar-refractivity contribution in [3.8, 4) is 5.75 Å². The average molecular weight is 212 g/mol. The number of thioether (sulfide) groups is 1. The van der Waals surface area contributed by atoms with E-state index in [9.17, 15) is 0 Å². The molecule has 0 heterocycles. The second-order valence-electron chi connectivity index (χ2n) is 3.14. The standard InChI is InChI=1S/C11H16O2S/c1-9(12)7-8-14-11-6-4-3-5-10(11)13-2/h3-6,9,12H,7-8H2,1-2H3. The van der Waals surface area contributed by atoms with Crippen molar-refractivity contribution in [2.75, 3.05) is 12.9 Å². The highest BCUT2D eigenvalue weighted by Crippen LogP contribution is 2.29. The van der Waals surface area contributed by atoms with Crippen LogP contribution in [0.1, 0.15) is 13.3 Å². The Morgan fingerprint density at radius 3 is 2.79 bits per heavy atom. The Hall–Kier alpha value is -0.670. The quantitative estimate of drug-likeness (QED) is 0.761. The van der Waals surface area contributed by atoms with Gasteiger partial charge in [0.05, 0.1) is 13.2 Å². The Labute approximate surface area is 89.3 Å². The van der Waals surface area contributed by atoms with E-state index in [1.165, 1.54) is 0 Å². The maximum Gasteiger partial charge on any atom is 0.132 e. The maximum atomic E-state index is 9.11. The summed E-state index contributed by atoms with van der Waals surface area (Å²) in [4.78, 5) is 1.13. The summed E-state index contributed by atoms with van der Waals surface area (Å²) in [6.45, 7) is 1.81. The summed E-state index contributed by atoms with van der Waals surface area (Å²) in [7, 11) is 1.67. The predicted molar refractivity (Wildman–Crippen MR) is 60.0 cm³/mol. The van der Waals surface area contributed by atoms with Gasteiger partial charge in [0.1, 0.15) is 5.75 Å². The molecular weight excluding hydrogens is 196 g/mol. The highest BCUT2D eigenvalue weighted by Gasteiger charge is 2.02. The van der Waals surface area contributed by atoms with Crippen LogP contribution in [0.5, 0.6) is 5.75 Å². The van der Waals surface area contributed by atoms with Gasteiger partial charge >= 0.3 is 0 Å². The SMILES string of the molecule is COc1ccccc1SCCC(C)O. The molecule has 0 aromatic heterocycles. The molecule has 1 rings (SSSR count). The minimum absolute atomic E-state index is 0.225. The molecule has 78 valence electrons. The predicted octanol–water partition coefficient (Wildman–Crippen LogP) is 2.56. The monoisotopic (exact) mass is 212 g/mol. The lowest BCUT2D eigenvalue weighted by molar-refractivity contribution is 0.192. The summed E-state index contributed by atoms with van der Waals surface area (Å²) in [6, 6.07) is 7.93. The summed E-state index contributed by atoms with van der Waals surface area (Å²) >= 11 is 1.71. The van der Waals surface area contributed by atoms with E-state index in [0.717, 1.165) is 22.8 Å². The zero-order valence-corrected chi connectivity index (χ0v) is 9.38. The van der Waals surface area contributed by atoms with E-state index >= 15 is 0 Å². The molecule has 0 aliphatic heterocycles. The summed E-state index contributed by atoms with van der Waals surface area (Å²) in [5.74, 6) is 1.82. The van der Waals surface area contributed by atoms with Gasteiger partial charge in [-0.2, -0.15) is 0 Å². The van der Waals surface area contributed by atoms with Gasteiger partial charge in [0.2, 0.25) is 0 Å². The zero-order valence-electron chi connectivity index (χ0n) is 8.56. The van der Waals surface area contributed by atoms with E-state index in [0.29, 0.717) is 0 Å². The van der Waals surface area contributed by atoms with Gasteiger partial charge in [-0.1, -0.05) is 12.1 Å². The van der Waals surface area contributed by atoms with Crippen molar-refractivity contribution >= 4 is 11.8 Å². The molecule has 1 aromatic carbocycles. The van der Waals surface area contributed by atoms with Crippen molar-refractivity contribution < 1.29 is 9.84 Å². The van der Waals surface area contributed by atoms with Crippen LogP contribution in [0.2, 0.25) is 0 Å². The number of hydrogen-bond acceptors (Lipinski definition) is 3. The second-order valence-corrected chi connectivity index (χ2v) is 4.27. The number of rotatable bonds is 5. The lowest BCUT2D eigenvalue weighted by atomic mass is 10.3. The van der Waals surface area contributed by atoms with Crippen molar-refractivity contribution in [3.63, 3.8) is 0 Å². The Morgan fingerprint density at radius 2 is 2.14 bits per heavy atom. The molecular formula is C11H16O2S. The van der Waals surface area contributed by atoms with Crippen molar-refractivity contribution in [1.29, 1.82) is 0 Å². The van der Waals surface area contributed by atoms with Crippen LogP contribution in [-0.2, 0) is 0 Å². The molecule has 0 radical (unpaired) electrons. The third-order valence-electron chi connectivity index (χ3n) is 1.86. The average Bonchev–Trinajstić information content (AvgIpc) is 2.18. The Morgan fingerprint density at radius 1 is 1.43 bits per heavy atom. The summed E-state index contributed by atoms with van der Waals surface area (Å²) in [6.07, 6.45) is 0.583. The van der Waals surface area contributed by atoms with E-state index in [2.05, 4.69) is 0 Å². The number of hydrogen-bond donors (Lipinski definition) is 1. The molecule has 0 amide bonds. The first-order valence-corrected chi connectivity index (χ1v) is 5.66. The highest BCUT2D eigenvalue weighted by molar-refractivity contribution is 7.99. The number of ether oxygens (including phenoxy) is 1. The number of methoxy groups -OCH3 is 1. The molecule has 0 aliphatic rings. The molecule has 14 heavy (non-hydrogen) atoms. The largest absolute Gasteiger partial charge is 0.496 e. The molecule has 0 saturated carbocycles. The molecule has 0 bridgehead atoms. The van der Waals surface area contributed by atoms with Crippen LogP contribution in [0, 0.1) is 0 Å². The molecule has 3 heteroatoms. The third-order valence-corrected chi connectivity index (χ3v) is 2.95. The summed E-state index contributed by atoms with van der Waals surface area (Å²) < 4.78 is 5.22. The smallest absolute Gasteiger partial charge is 0.132 e. The maximum absolute atomic E-state index is 9.11. The summed E-state index contributed by atoms with van der Waals surface area (Å²) in [5, 5.41) is 9.11. The topological polar surface area (TPSA) is 29.5 Å². The molecule has 0 aliphatic carbocycles. The van der Waals surface area contributed by atoms with Crippen LogP contribution < -0.4 is 4.74 Å².